The molecule has 9 heteroatoms. The molecule has 0 aliphatic heterocycles. The van der Waals surface area contributed by atoms with Crippen molar-refractivity contribution in [2.45, 2.75) is 25.2 Å². The number of aromatic nitrogens is 5. The highest BCUT2D eigenvalue weighted by Crippen LogP contribution is 2.24. The number of hydrogen-bond acceptors (Lipinski definition) is 5. The number of anilines is 1. The van der Waals surface area contributed by atoms with Crippen molar-refractivity contribution in [3.8, 4) is 5.82 Å². The molecule has 23 heavy (non-hydrogen) atoms. The van der Waals surface area contributed by atoms with Crippen LogP contribution in [0.25, 0.3) is 5.82 Å². The molecule has 0 radical (unpaired) electrons. The molecule has 0 atom stereocenters. The molecule has 0 aliphatic rings. The maximum atomic E-state index is 12.6. The average Bonchev–Trinajstić information content (AvgIpc) is 3.18. The van der Waals surface area contributed by atoms with Gasteiger partial charge in [-0.2, -0.15) is 5.10 Å². The molecule has 3 rings (SSSR count). The standard InChI is InChI=1S/C14H16N6O2S/c1-3-11-4-6-12(7-5-11)23(21,22)19-13-10(2)17-18-14(13)20-8-15-16-9-20/h4-9,19H,3H2,1-2H3,(H,17,18). The molecular weight excluding hydrogens is 316 g/mol. The molecule has 0 amide bonds. The summed E-state index contributed by atoms with van der Waals surface area (Å²) in [6, 6.07) is 6.79. The van der Waals surface area contributed by atoms with Crippen LogP contribution in [0.3, 0.4) is 0 Å². The molecule has 0 saturated carbocycles. The van der Waals surface area contributed by atoms with E-state index in [-0.39, 0.29) is 4.90 Å². The predicted molar refractivity (Wildman–Crippen MR) is 84.9 cm³/mol. The van der Waals surface area contributed by atoms with Crippen molar-refractivity contribution in [3.05, 3.63) is 48.2 Å². The number of hydrogen-bond donors (Lipinski definition) is 2. The lowest BCUT2D eigenvalue weighted by atomic mass is 10.2. The highest BCUT2D eigenvalue weighted by atomic mass is 32.2. The Morgan fingerprint density at radius 2 is 1.83 bits per heavy atom. The van der Waals surface area contributed by atoms with Crippen molar-refractivity contribution in [3.63, 3.8) is 0 Å². The lowest BCUT2D eigenvalue weighted by Crippen LogP contribution is -2.14. The summed E-state index contributed by atoms with van der Waals surface area (Å²) in [6.45, 7) is 3.75. The Morgan fingerprint density at radius 3 is 2.43 bits per heavy atom. The van der Waals surface area contributed by atoms with Crippen molar-refractivity contribution in [2.24, 2.45) is 0 Å². The third-order valence-corrected chi connectivity index (χ3v) is 4.84. The average molecular weight is 332 g/mol. The van der Waals surface area contributed by atoms with E-state index in [1.165, 1.54) is 17.2 Å². The fourth-order valence-corrected chi connectivity index (χ4v) is 3.26. The van der Waals surface area contributed by atoms with Crippen molar-refractivity contribution in [2.75, 3.05) is 4.72 Å². The first kappa shape index (κ1) is 15.2. The molecule has 0 unspecified atom stereocenters. The number of benzene rings is 1. The van der Waals surface area contributed by atoms with Crippen LogP contribution in [0.5, 0.6) is 0 Å². The summed E-state index contributed by atoms with van der Waals surface area (Å²) in [4.78, 5) is 0.199. The van der Waals surface area contributed by atoms with Crippen LogP contribution >= 0.6 is 0 Å². The summed E-state index contributed by atoms with van der Waals surface area (Å²) in [6.07, 6.45) is 3.75. The monoisotopic (exact) mass is 332 g/mol. The highest BCUT2D eigenvalue weighted by molar-refractivity contribution is 7.92. The van der Waals surface area contributed by atoms with Gasteiger partial charge < -0.3 is 0 Å². The first-order valence-corrected chi connectivity index (χ1v) is 8.51. The van der Waals surface area contributed by atoms with Gasteiger partial charge in [-0.05, 0) is 31.0 Å². The Morgan fingerprint density at radius 1 is 1.17 bits per heavy atom. The number of sulfonamides is 1. The van der Waals surface area contributed by atoms with E-state index in [1.807, 2.05) is 6.92 Å². The van der Waals surface area contributed by atoms with Gasteiger partial charge in [0.15, 0.2) is 5.82 Å². The van der Waals surface area contributed by atoms with Crippen LogP contribution in [0, 0.1) is 6.92 Å². The Kier molecular flexibility index (Phi) is 3.87. The second-order valence-corrected chi connectivity index (χ2v) is 6.70. The third kappa shape index (κ3) is 2.95. The fourth-order valence-electron chi connectivity index (χ4n) is 2.13. The highest BCUT2D eigenvalue weighted by Gasteiger charge is 2.20. The number of aryl methyl sites for hydroxylation is 2. The molecular formula is C14H16N6O2S. The molecule has 2 heterocycles. The summed E-state index contributed by atoms with van der Waals surface area (Å²) < 4.78 is 29.3. The minimum Gasteiger partial charge on any atom is -0.279 e. The van der Waals surface area contributed by atoms with E-state index in [4.69, 9.17) is 0 Å². The Bertz CT molecular complexity index is 897. The van der Waals surface area contributed by atoms with Crippen LogP contribution in [0.4, 0.5) is 5.69 Å². The van der Waals surface area contributed by atoms with E-state index in [2.05, 4.69) is 25.1 Å². The van der Waals surface area contributed by atoms with Crippen LogP contribution in [-0.4, -0.2) is 33.4 Å². The van der Waals surface area contributed by atoms with Crippen molar-refractivity contribution in [1.29, 1.82) is 0 Å². The first-order chi connectivity index (χ1) is 11.0. The van der Waals surface area contributed by atoms with Gasteiger partial charge in [-0.15, -0.1) is 10.2 Å². The van der Waals surface area contributed by atoms with Crippen LogP contribution in [0.2, 0.25) is 0 Å². The van der Waals surface area contributed by atoms with Gasteiger partial charge in [0.2, 0.25) is 0 Å². The van der Waals surface area contributed by atoms with Crippen LogP contribution < -0.4 is 4.72 Å². The predicted octanol–water partition coefficient (Wildman–Crippen LogP) is 1.66. The van der Waals surface area contributed by atoms with E-state index < -0.39 is 10.0 Å². The van der Waals surface area contributed by atoms with Gasteiger partial charge in [-0.1, -0.05) is 19.1 Å². The van der Waals surface area contributed by atoms with E-state index in [9.17, 15) is 8.42 Å². The molecule has 0 saturated heterocycles. The van der Waals surface area contributed by atoms with E-state index in [0.717, 1.165) is 12.0 Å². The van der Waals surface area contributed by atoms with Crippen LogP contribution in [0.15, 0.2) is 41.8 Å². The molecule has 2 N–H and O–H groups in total. The van der Waals surface area contributed by atoms with Crippen molar-refractivity contribution < 1.29 is 8.42 Å². The van der Waals surface area contributed by atoms with Gasteiger partial charge in [-0.3, -0.25) is 14.4 Å². The number of H-pyrrole nitrogens is 1. The molecule has 8 nitrogen and oxygen atoms in total. The smallest absolute Gasteiger partial charge is 0.262 e. The molecule has 0 aliphatic carbocycles. The molecule has 120 valence electrons. The lowest BCUT2D eigenvalue weighted by Gasteiger charge is -2.09. The van der Waals surface area contributed by atoms with Crippen molar-refractivity contribution >= 4 is 15.7 Å². The number of nitrogens with one attached hydrogen (secondary N) is 2. The third-order valence-electron chi connectivity index (χ3n) is 3.47. The Balaban J connectivity index is 1.96. The molecule has 0 spiro atoms. The normalized spacial score (nSPS) is 11.6. The first-order valence-electron chi connectivity index (χ1n) is 7.03. The lowest BCUT2D eigenvalue weighted by molar-refractivity contribution is 0.601. The maximum Gasteiger partial charge on any atom is 0.262 e. The molecule has 2 aromatic heterocycles. The molecule has 0 bridgehead atoms. The summed E-state index contributed by atoms with van der Waals surface area (Å²) in [5.74, 6) is 0.390. The molecule has 0 fully saturated rings. The summed E-state index contributed by atoms with van der Waals surface area (Å²) >= 11 is 0. The minimum absolute atomic E-state index is 0.199. The zero-order valence-corrected chi connectivity index (χ0v) is 13.5. The summed E-state index contributed by atoms with van der Waals surface area (Å²) in [5, 5.41) is 14.3. The maximum absolute atomic E-state index is 12.6. The van der Waals surface area contributed by atoms with Gasteiger partial charge in [-0.25, -0.2) is 8.42 Å². The van der Waals surface area contributed by atoms with Gasteiger partial charge >= 0.3 is 0 Å². The largest absolute Gasteiger partial charge is 0.279 e. The van der Waals surface area contributed by atoms with Gasteiger partial charge in [0.25, 0.3) is 10.0 Å². The minimum atomic E-state index is -3.71. The van der Waals surface area contributed by atoms with Crippen molar-refractivity contribution in [1.82, 2.24) is 25.0 Å². The molecule has 1 aromatic carbocycles. The fraction of sp³-hybridized carbons (Fsp3) is 0.214. The second-order valence-electron chi connectivity index (χ2n) is 5.02. The Hall–Kier alpha value is -2.68. The number of aromatic amines is 1. The Labute approximate surface area is 133 Å². The summed E-state index contributed by atoms with van der Waals surface area (Å²) in [5.41, 5.74) is 2.04. The topological polar surface area (TPSA) is 106 Å². The second kappa shape index (κ2) is 5.84. The SMILES string of the molecule is CCc1ccc(S(=O)(=O)Nc2c(-n3cnnc3)n[nH]c2C)cc1. The van der Waals surface area contributed by atoms with Gasteiger partial charge in [0.05, 0.1) is 10.6 Å². The van der Waals surface area contributed by atoms with Crippen LogP contribution in [0.1, 0.15) is 18.2 Å². The van der Waals surface area contributed by atoms with E-state index in [1.54, 1.807) is 31.2 Å². The zero-order valence-electron chi connectivity index (χ0n) is 12.7. The molecule has 3 aromatic rings. The number of rotatable bonds is 5. The summed E-state index contributed by atoms with van der Waals surface area (Å²) in [7, 11) is -3.71. The van der Waals surface area contributed by atoms with Gasteiger partial charge in [0, 0.05) is 0 Å². The quantitative estimate of drug-likeness (QED) is 0.739. The van der Waals surface area contributed by atoms with E-state index >= 15 is 0 Å². The van der Waals surface area contributed by atoms with E-state index in [0.29, 0.717) is 17.2 Å². The zero-order chi connectivity index (χ0) is 16.4. The number of nitrogens with zero attached hydrogens (tertiary/aromatic N) is 4. The van der Waals surface area contributed by atoms with Crippen LogP contribution in [-0.2, 0) is 16.4 Å². The van der Waals surface area contributed by atoms with Gasteiger partial charge in [0.1, 0.15) is 18.3 Å².